The standard InChI is InChI=1S/C22H30N6O2/c1-23-21(30)18-8-6-7-17(15-18)10-13-26-22(24-2)27-16-20(29)28(3)14-11-19-9-4-5-12-25-19/h4-9,12,15H,10-11,13-14,16H2,1-3H3,(H,23,30)(H2,24,26,27). The topological polar surface area (TPSA) is 98.7 Å². The van der Waals surface area contributed by atoms with Gasteiger partial charge < -0.3 is 20.9 Å². The second kappa shape index (κ2) is 12.2. The SMILES string of the molecule is CN=C(NCCc1cccc(C(=O)NC)c1)NCC(=O)N(C)CCc1ccccn1. The Hall–Kier alpha value is -3.42. The molecule has 160 valence electrons. The Morgan fingerprint density at radius 1 is 1.10 bits per heavy atom. The number of aliphatic imine (C=N–C) groups is 1. The summed E-state index contributed by atoms with van der Waals surface area (Å²) in [5, 5.41) is 8.86. The third-order valence-corrected chi connectivity index (χ3v) is 4.61. The zero-order valence-electron chi connectivity index (χ0n) is 17.8. The molecule has 8 nitrogen and oxygen atoms in total. The van der Waals surface area contributed by atoms with Crippen molar-refractivity contribution >= 4 is 17.8 Å². The molecular formula is C22H30N6O2. The van der Waals surface area contributed by atoms with Crippen molar-refractivity contribution in [1.82, 2.24) is 25.8 Å². The van der Waals surface area contributed by atoms with Gasteiger partial charge in [0, 0.05) is 58.1 Å². The summed E-state index contributed by atoms with van der Waals surface area (Å²) in [6, 6.07) is 13.3. The lowest BCUT2D eigenvalue weighted by Gasteiger charge is -2.18. The lowest BCUT2D eigenvalue weighted by molar-refractivity contribution is -0.128. The molecular weight excluding hydrogens is 380 g/mol. The minimum absolute atomic E-state index is 0.0211. The lowest BCUT2D eigenvalue weighted by Crippen LogP contribution is -2.44. The molecule has 0 atom stereocenters. The first kappa shape index (κ1) is 22.9. The van der Waals surface area contributed by atoms with Gasteiger partial charge in [-0.2, -0.15) is 0 Å². The first-order valence-electron chi connectivity index (χ1n) is 9.93. The Morgan fingerprint density at radius 2 is 1.93 bits per heavy atom. The van der Waals surface area contributed by atoms with Crippen molar-refractivity contribution in [3.63, 3.8) is 0 Å². The maximum Gasteiger partial charge on any atom is 0.251 e. The van der Waals surface area contributed by atoms with Crippen molar-refractivity contribution in [3.8, 4) is 0 Å². The van der Waals surface area contributed by atoms with Crippen LogP contribution in [0.25, 0.3) is 0 Å². The lowest BCUT2D eigenvalue weighted by atomic mass is 10.1. The van der Waals surface area contributed by atoms with Crippen LogP contribution in [-0.4, -0.2) is 68.4 Å². The summed E-state index contributed by atoms with van der Waals surface area (Å²) in [4.78, 5) is 34.2. The summed E-state index contributed by atoms with van der Waals surface area (Å²) in [6.45, 7) is 1.39. The Kier molecular flexibility index (Phi) is 9.30. The van der Waals surface area contributed by atoms with Gasteiger partial charge >= 0.3 is 0 Å². The second-order valence-electron chi connectivity index (χ2n) is 6.77. The Bertz CT molecular complexity index is 854. The second-order valence-corrected chi connectivity index (χ2v) is 6.77. The molecule has 0 unspecified atom stereocenters. The van der Waals surface area contributed by atoms with Gasteiger partial charge in [0.1, 0.15) is 0 Å². The number of rotatable bonds is 9. The van der Waals surface area contributed by atoms with Crippen molar-refractivity contribution in [2.24, 2.45) is 4.99 Å². The van der Waals surface area contributed by atoms with Crippen molar-refractivity contribution in [3.05, 3.63) is 65.5 Å². The normalized spacial score (nSPS) is 11.0. The van der Waals surface area contributed by atoms with Crippen LogP contribution in [0.5, 0.6) is 0 Å². The smallest absolute Gasteiger partial charge is 0.251 e. The third-order valence-electron chi connectivity index (χ3n) is 4.61. The van der Waals surface area contributed by atoms with Gasteiger partial charge in [-0.15, -0.1) is 0 Å². The van der Waals surface area contributed by atoms with Crippen molar-refractivity contribution in [2.75, 3.05) is 40.8 Å². The summed E-state index contributed by atoms with van der Waals surface area (Å²) in [6.07, 6.45) is 3.19. The Labute approximate surface area is 177 Å². The van der Waals surface area contributed by atoms with Gasteiger partial charge in [-0.05, 0) is 36.2 Å². The summed E-state index contributed by atoms with van der Waals surface area (Å²) in [5.74, 6) is 0.434. The van der Waals surface area contributed by atoms with Gasteiger partial charge in [0.2, 0.25) is 5.91 Å². The number of carbonyl (C=O) groups excluding carboxylic acids is 2. The van der Waals surface area contributed by atoms with Gasteiger partial charge in [0.15, 0.2) is 5.96 Å². The van der Waals surface area contributed by atoms with Gasteiger partial charge in [-0.25, -0.2) is 0 Å². The number of hydrogen-bond donors (Lipinski definition) is 3. The summed E-state index contributed by atoms with van der Waals surface area (Å²) in [7, 11) is 5.06. The van der Waals surface area contributed by atoms with E-state index < -0.39 is 0 Å². The van der Waals surface area contributed by atoms with Crippen LogP contribution in [0.2, 0.25) is 0 Å². The Morgan fingerprint density at radius 3 is 2.63 bits per heavy atom. The molecule has 0 aliphatic heterocycles. The summed E-state index contributed by atoms with van der Waals surface area (Å²) in [5.41, 5.74) is 2.64. The largest absolute Gasteiger partial charge is 0.356 e. The van der Waals surface area contributed by atoms with E-state index in [1.54, 1.807) is 38.3 Å². The van der Waals surface area contributed by atoms with Crippen molar-refractivity contribution in [1.29, 1.82) is 0 Å². The van der Waals surface area contributed by atoms with E-state index in [0.29, 0.717) is 31.0 Å². The first-order chi connectivity index (χ1) is 14.5. The minimum Gasteiger partial charge on any atom is -0.356 e. The maximum atomic E-state index is 12.3. The van der Waals surface area contributed by atoms with Crippen LogP contribution < -0.4 is 16.0 Å². The molecule has 1 aromatic heterocycles. The minimum atomic E-state index is -0.104. The number of hydrogen-bond acceptors (Lipinski definition) is 4. The molecule has 0 aliphatic carbocycles. The quantitative estimate of drug-likeness (QED) is 0.421. The van der Waals surface area contributed by atoms with Gasteiger partial charge in [0.25, 0.3) is 5.91 Å². The van der Waals surface area contributed by atoms with Crippen LogP contribution >= 0.6 is 0 Å². The number of nitrogens with one attached hydrogen (secondary N) is 3. The summed E-state index contributed by atoms with van der Waals surface area (Å²) >= 11 is 0. The number of benzene rings is 1. The molecule has 1 aromatic carbocycles. The molecule has 3 N–H and O–H groups in total. The average molecular weight is 411 g/mol. The molecule has 0 bridgehead atoms. The molecule has 0 aliphatic rings. The molecule has 2 aromatic rings. The van der Waals surface area contributed by atoms with E-state index in [2.05, 4.69) is 25.9 Å². The maximum absolute atomic E-state index is 12.3. The number of carbonyl (C=O) groups is 2. The number of aromatic nitrogens is 1. The number of guanidine groups is 1. The first-order valence-corrected chi connectivity index (χ1v) is 9.93. The predicted molar refractivity (Wildman–Crippen MR) is 118 cm³/mol. The fourth-order valence-electron chi connectivity index (χ4n) is 2.81. The molecule has 2 amide bonds. The van der Waals surface area contributed by atoms with Crippen LogP contribution in [0.4, 0.5) is 0 Å². The molecule has 8 heteroatoms. The van der Waals surface area contributed by atoms with Gasteiger partial charge in [0.05, 0.1) is 6.54 Å². The van der Waals surface area contributed by atoms with E-state index >= 15 is 0 Å². The number of pyridine rings is 1. The van der Waals surface area contributed by atoms with Crippen LogP contribution in [-0.2, 0) is 17.6 Å². The highest BCUT2D eigenvalue weighted by molar-refractivity contribution is 5.94. The Balaban J connectivity index is 1.72. The molecule has 0 spiro atoms. The zero-order chi connectivity index (χ0) is 21.8. The zero-order valence-corrected chi connectivity index (χ0v) is 17.8. The number of amides is 2. The highest BCUT2D eigenvalue weighted by atomic mass is 16.2. The predicted octanol–water partition coefficient (Wildman–Crippen LogP) is 0.850. The highest BCUT2D eigenvalue weighted by Crippen LogP contribution is 2.05. The number of nitrogens with zero attached hydrogens (tertiary/aromatic N) is 3. The molecule has 30 heavy (non-hydrogen) atoms. The monoisotopic (exact) mass is 410 g/mol. The van der Waals surface area contributed by atoms with Crippen LogP contribution in [0, 0.1) is 0 Å². The fraction of sp³-hybridized carbons (Fsp3) is 0.364. The van der Waals surface area contributed by atoms with E-state index in [0.717, 1.165) is 17.7 Å². The van der Waals surface area contributed by atoms with Crippen molar-refractivity contribution < 1.29 is 9.59 Å². The van der Waals surface area contributed by atoms with Crippen LogP contribution in [0.1, 0.15) is 21.6 Å². The third kappa shape index (κ3) is 7.54. The van der Waals surface area contributed by atoms with E-state index in [-0.39, 0.29) is 18.4 Å². The number of likely N-dealkylation sites (N-methyl/N-ethyl adjacent to an activating group) is 1. The van der Waals surface area contributed by atoms with Gasteiger partial charge in [-0.3, -0.25) is 19.6 Å². The molecule has 0 saturated carbocycles. The highest BCUT2D eigenvalue weighted by Gasteiger charge is 2.10. The van der Waals surface area contributed by atoms with E-state index in [1.165, 1.54) is 0 Å². The molecule has 2 rings (SSSR count). The van der Waals surface area contributed by atoms with E-state index in [1.807, 2.05) is 36.4 Å². The molecule has 0 radical (unpaired) electrons. The average Bonchev–Trinajstić information content (AvgIpc) is 2.79. The fourth-order valence-corrected chi connectivity index (χ4v) is 2.81. The van der Waals surface area contributed by atoms with Crippen molar-refractivity contribution in [2.45, 2.75) is 12.8 Å². The molecule has 0 fully saturated rings. The summed E-state index contributed by atoms with van der Waals surface area (Å²) < 4.78 is 0. The molecule has 1 heterocycles. The van der Waals surface area contributed by atoms with E-state index in [4.69, 9.17) is 0 Å². The molecule has 0 saturated heterocycles. The van der Waals surface area contributed by atoms with Gasteiger partial charge in [-0.1, -0.05) is 18.2 Å². The van der Waals surface area contributed by atoms with E-state index in [9.17, 15) is 9.59 Å². The van der Waals surface area contributed by atoms with Crippen LogP contribution in [0.3, 0.4) is 0 Å². The van der Waals surface area contributed by atoms with Crippen LogP contribution in [0.15, 0.2) is 53.7 Å².